The molecule has 2 aromatic carbocycles. The molecule has 1 aliphatic rings. The molecule has 0 bridgehead atoms. The van der Waals surface area contributed by atoms with Crippen LogP contribution in [-0.4, -0.2) is 16.3 Å². The van der Waals surface area contributed by atoms with Crippen LogP contribution in [-0.2, 0) is 6.42 Å². The lowest BCUT2D eigenvalue weighted by Crippen LogP contribution is -2.08. The summed E-state index contributed by atoms with van der Waals surface area (Å²) in [7, 11) is 0. The highest BCUT2D eigenvalue weighted by Crippen LogP contribution is 2.39. The Morgan fingerprint density at radius 3 is 2.72 bits per heavy atom. The molecule has 6 heteroatoms. The number of halogens is 3. The van der Waals surface area contributed by atoms with Crippen molar-refractivity contribution in [3.63, 3.8) is 0 Å². The van der Waals surface area contributed by atoms with Crippen LogP contribution in [0.2, 0.25) is 10.0 Å². The van der Waals surface area contributed by atoms with Gasteiger partial charge in [0.2, 0.25) is 0 Å². The van der Waals surface area contributed by atoms with Gasteiger partial charge in [0.25, 0.3) is 0 Å². The van der Waals surface area contributed by atoms with E-state index < -0.39 is 0 Å². The standard InChI is InChI=1S/C19H16Cl2FN3/c20-14-8-5-7-12(17(14)21)18-13-6-3-4-11-23-19(13)25(24-18)16-10-2-1-9-15(16)22/h1-2,5,7-10,23H,3-4,6,11H2. The van der Waals surface area contributed by atoms with Gasteiger partial charge in [-0.25, -0.2) is 9.07 Å². The predicted octanol–water partition coefficient (Wildman–Crippen LogP) is 5.73. The fraction of sp³-hybridized carbons (Fsp3) is 0.211. The second-order valence-corrected chi connectivity index (χ2v) is 6.81. The van der Waals surface area contributed by atoms with E-state index in [0.717, 1.165) is 48.4 Å². The Morgan fingerprint density at radius 2 is 1.88 bits per heavy atom. The summed E-state index contributed by atoms with van der Waals surface area (Å²) in [5.41, 5.74) is 2.98. The molecule has 3 aromatic rings. The van der Waals surface area contributed by atoms with Crippen molar-refractivity contribution in [3.05, 3.63) is 63.9 Å². The molecule has 25 heavy (non-hydrogen) atoms. The number of rotatable bonds is 2. The van der Waals surface area contributed by atoms with Gasteiger partial charge in [-0.05, 0) is 37.5 Å². The molecular weight excluding hydrogens is 360 g/mol. The topological polar surface area (TPSA) is 29.9 Å². The zero-order valence-corrected chi connectivity index (χ0v) is 14.9. The first-order valence-electron chi connectivity index (χ1n) is 8.22. The first kappa shape index (κ1) is 16.4. The van der Waals surface area contributed by atoms with Gasteiger partial charge < -0.3 is 5.32 Å². The molecule has 0 fully saturated rings. The van der Waals surface area contributed by atoms with Gasteiger partial charge in [0.1, 0.15) is 17.3 Å². The fourth-order valence-electron chi connectivity index (χ4n) is 3.20. The number of nitrogens with one attached hydrogen (secondary N) is 1. The molecule has 128 valence electrons. The number of anilines is 1. The van der Waals surface area contributed by atoms with E-state index in [0.29, 0.717) is 15.7 Å². The molecule has 3 nitrogen and oxygen atoms in total. The van der Waals surface area contributed by atoms with Crippen molar-refractivity contribution in [1.82, 2.24) is 9.78 Å². The summed E-state index contributed by atoms with van der Waals surface area (Å²) in [5.74, 6) is 0.510. The van der Waals surface area contributed by atoms with Crippen LogP contribution in [0.15, 0.2) is 42.5 Å². The molecule has 0 saturated heterocycles. The second-order valence-electron chi connectivity index (χ2n) is 6.02. The van der Waals surface area contributed by atoms with Gasteiger partial charge in [-0.15, -0.1) is 0 Å². The second kappa shape index (κ2) is 6.70. The highest BCUT2D eigenvalue weighted by molar-refractivity contribution is 6.43. The molecule has 0 unspecified atom stereocenters. The van der Waals surface area contributed by atoms with E-state index in [9.17, 15) is 4.39 Å². The first-order valence-corrected chi connectivity index (χ1v) is 8.97. The zero-order valence-electron chi connectivity index (χ0n) is 13.4. The van der Waals surface area contributed by atoms with Gasteiger partial charge in [0, 0.05) is 17.7 Å². The number of nitrogens with zero attached hydrogens (tertiary/aromatic N) is 2. The Morgan fingerprint density at radius 1 is 1.04 bits per heavy atom. The lowest BCUT2D eigenvalue weighted by molar-refractivity contribution is 0.611. The zero-order chi connectivity index (χ0) is 17.4. The van der Waals surface area contributed by atoms with Crippen molar-refractivity contribution in [2.45, 2.75) is 19.3 Å². The maximum atomic E-state index is 14.4. The Bertz CT molecular complexity index is 936. The van der Waals surface area contributed by atoms with Crippen molar-refractivity contribution >= 4 is 29.0 Å². The number of fused-ring (bicyclic) bond motifs is 1. The van der Waals surface area contributed by atoms with E-state index in [-0.39, 0.29) is 5.82 Å². The van der Waals surface area contributed by atoms with E-state index in [1.165, 1.54) is 6.07 Å². The maximum absolute atomic E-state index is 14.4. The minimum absolute atomic E-state index is 0.317. The molecule has 0 amide bonds. The van der Waals surface area contributed by atoms with Gasteiger partial charge in [0.05, 0.1) is 15.7 Å². The van der Waals surface area contributed by atoms with Crippen molar-refractivity contribution in [1.29, 1.82) is 0 Å². The maximum Gasteiger partial charge on any atom is 0.148 e. The number of para-hydroxylation sites is 1. The molecule has 1 aliphatic heterocycles. The molecule has 0 atom stereocenters. The average Bonchev–Trinajstić information content (AvgIpc) is 2.79. The molecule has 2 heterocycles. The van der Waals surface area contributed by atoms with Crippen LogP contribution < -0.4 is 5.32 Å². The summed E-state index contributed by atoms with van der Waals surface area (Å²) in [6.07, 6.45) is 2.94. The molecule has 4 rings (SSSR count). The van der Waals surface area contributed by atoms with Crippen LogP contribution in [0.3, 0.4) is 0 Å². The largest absolute Gasteiger partial charge is 0.370 e. The highest BCUT2D eigenvalue weighted by atomic mass is 35.5. The molecule has 0 spiro atoms. The van der Waals surface area contributed by atoms with Crippen molar-refractivity contribution < 1.29 is 4.39 Å². The average molecular weight is 376 g/mol. The van der Waals surface area contributed by atoms with Gasteiger partial charge in [-0.1, -0.05) is 47.5 Å². The number of hydrogen-bond acceptors (Lipinski definition) is 2. The Balaban J connectivity index is 1.97. The smallest absolute Gasteiger partial charge is 0.148 e. The summed E-state index contributed by atoms with van der Waals surface area (Å²) in [5, 5.41) is 9.06. The van der Waals surface area contributed by atoms with Crippen LogP contribution in [0.1, 0.15) is 18.4 Å². The third-order valence-corrected chi connectivity index (χ3v) is 5.24. The number of hydrogen-bond donors (Lipinski definition) is 1. The molecular formula is C19H16Cl2FN3. The normalized spacial score (nSPS) is 13.9. The van der Waals surface area contributed by atoms with Crippen LogP contribution in [0.5, 0.6) is 0 Å². The Labute approximate surface area is 155 Å². The van der Waals surface area contributed by atoms with Crippen molar-refractivity contribution in [3.8, 4) is 16.9 Å². The summed E-state index contributed by atoms with van der Waals surface area (Å²) in [6.45, 7) is 0.829. The molecule has 1 aromatic heterocycles. The third kappa shape index (κ3) is 2.90. The quantitative estimate of drug-likeness (QED) is 0.619. The van der Waals surface area contributed by atoms with Crippen LogP contribution in [0.25, 0.3) is 16.9 Å². The third-order valence-electron chi connectivity index (χ3n) is 4.42. The monoisotopic (exact) mass is 375 g/mol. The molecule has 0 radical (unpaired) electrons. The molecule has 1 N–H and O–H groups in total. The fourth-order valence-corrected chi connectivity index (χ4v) is 3.59. The van der Waals surface area contributed by atoms with E-state index in [1.807, 2.05) is 12.1 Å². The lowest BCUT2D eigenvalue weighted by atomic mass is 10.0. The lowest BCUT2D eigenvalue weighted by Gasteiger charge is -2.09. The number of benzene rings is 2. The van der Waals surface area contributed by atoms with E-state index in [4.69, 9.17) is 28.3 Å². The van der Waals surface area contributed by atoms with E-state index in [2.05, 4.69) is 5.32 Å². The Kier molecular flexibility index (Phi) is 4.40. The van der Waals surface area contributed by atoms with Crippen LogP contribution in [0, 0.1) is 5.82 Å². The number of aromatic nitrogens is 2. The van der Waals surface area contributed by atoms with Crippen molar-refractivity contribution in [2.75, 3.05) is 11.9 Å². The Hall–Kier alpha value is -2.04. The summed E-state index contributed by atoms with van der Waals surface area (Å²) in [6, 6.07) is 12.1. The first-order chi connectivity index (χ1) is 12.2. The SMILES string of the molecule is Fc1ccccc1-n1nc(-c2cccc(Cl)c2Cl)c2c1NCCCC2. The van der Waals surface area contributed by atoms with Gasteiger partial charge in [0.15, 0.2) is 0 Å². The van der Waals surface area contributed by atoms with Gasteiger partial charge in [-0.3, -0.25) is 0 Å². The summed E-state index contributed by atoms with van der Waals surface area (Å²) < 4.78 is 16.0. The summed E-state index contributed by atoms with van der Waals surface area (Å²) >= 11 is 12.6. The molecule has 0 saturated carbocycles. The van der Waals surface area contributed by atoms with Gasteiger partial charge >= 0.3 is 0 Å². The molecule has 0 aliphatic carbocycles. The van der Waals surface area contributed by atoms with Gasteiger partial charge in [-0.2, -0.15) is 5.10 Å². The summed E-state index contributed by atoms with van der Waals surface area (Å²) in [4.78, 5) is 0. The highest BCUT2D eigenvalue weighted by Gasteiger charge is 2.24. The van der Waals surface area contributed by atoms with E-state index >= 15 is 0 Å². The van der Waals surface area contributed by atoms with Crippen LogP contribution in [0.4, 0.5) is 10.2 Å². The minimum Gasteiger partial charge on any atom is -0.370 e. The van der Waals surface area contributed by atoms with E-state index in [1.54, 1.807) is 28.9 Å². The predicted molar refractivity (Wildman–Crippen MR) is 100 cm³/mol. The van der Waals surface area contributed by atoms with Crippen molar-refractivity contribution in [2.24, 2.45) is 0 Å². The van der Waals surface area contributed by atoms with Crippen LogP contribution >= 0.6 is 23.2 Å². The minimum atomic E-state index is -0.317.